The fraction of sp³-hybridized carbons (Fsp3) is 0.357. The number of hydrogen-bond acceptors (Lipinski definition) is 4. The summed E-state index contributed by atoms with van der Waals surface area (Å²) in [5.41, 5.74) is 0.925. The van der Waals surface area contributed by atoms with Gasteiger partial charge in [-0.1, -0.05) is 24.0 Å². The lowest BCUT2D eigenvalue weighted by Crippen LogP contribution is -2.44. The van der Waals surface area contributed by atoms with Crippen LogP contribution in [0.25, 0.3) is 0 Å². The van der Waals surface area contributed by atoms with E-state index >= 15 is 0 Å². The molecule has 0 saturated carbocycles. The molecular formula is C14H17NO4S. The lowest BCUT2D eigenvalue weighted by atomic mass is 10.1. The van der Waals surface area contributed by atoms with Gasteiger partial charge in [0.2, 0.25) is 5.91 Å². The van der Waals surface area contributed by atoms with Gasteiger partial charge in [-0.2, -0.15) is 0 Å². The van der Waals surface area contributed by atoms with Gasteiger partial charge in [-0.05, 0) is 26.0 Å². The first kappa shape index (κ1) is 16.2. The van der Waals surface area contributed by atoms with Gasteiger partial charge >= 0.3 is 0 Å². The van der Waals surface area contributed by atoms with Gasteiger partial charge in [-0.25, -0.2) is 8.42 Å². The Labute approximate surface area is 118 Å². The minimum Gasteiger partial charge on any atom is -0.384 e. The second kappa shape index (κ2) is 6.07. The highest BCUT2D eigenvalue weighted by atomic mass is 32.2. The van der Waals surface area contributed by atoms with Crippen molar-refractivity contribution in [2.45, 2.75) is 18.6 Å². The highest BCUT2D eigenvalue weighted by molar-refractivity contribution is 7.92. The zero-order valence-electron chi connectivity index (χ0n) is 11.6. The number of carbonyl (C=O) groups excluding carboxylic acids is 1. The minimum atomic E-state index is -3.54. The van der Waals surface area contributed by atoms with Gasteiger partial charge < -0.3 is 10.4 Å². The van der Waals surface area contributed by atoms with Crippen molar-refractivity contribution < 1.29 is 18.3 Å². The second-order valence-electron chi connectivity index (χ2n) is 4.74. The van der Waals surface area contributed by atoms with E-state index in [0.717, 1.165) is 6.26 Å². The predicted octanol–water partition coefficient (Wildman–Crippen LogP) is 0.792. The maximum atomic E-state index is 12.1. The van der Waals surface area contributed by atoms with Crippen molar-refractivity contribution in [1.29, 1.82) is 0 Å². The zero-order chi connectivity index (χ0) is 15.4. The average molecular weight is 295 g/mol. The van der Waals surface area contributed by atoms with Crippen molar-refractivity contribution in [2.24, 2.45) is 0 Å². The van der Waals surface area contributed by atoms with Gasteiger partial charge in [0.1, 0.15) is 11.4 Å². The molecule has 5 nitrogen and oxygen atoms in total. The van der Waals surface area contributed by atoms with Gasteiger partial charge in [0, 0.05) is 11.8 Å². The van der Waals surface area contributed by atoms with Crippen LogP contribution in [-0.2, 0) is 14.6 Å². The third-order valence-electron chi connectivity index (χ3n) is 2.95. The molecule has 1 rings (SSSR count). The molecule has 0 saturated heterocycles. The lowest BCUT2D eigenvalue weighted by Gasteiger charge is -2.21. The Bertz CT molecular complexity index is 666. The summed E-state index contributed by atoms with van der Waals surface area (Å²) in [5.74, 6) is 4.55. The molecule has 0 spiro atoms. The van der Waals surface area contributed by atoms with Gasteiger partial charge in [-0.3, -0.25) is 4.79 Å². The third kappa shape index (κ3) is 3.59. The Balaban J connectivity index is 3.09. The summed E-state index contributed by atoms with van der Waals surface area (Å²) in [5, 5.41) is 11.3. The van der Waals surface area contributed by atoms with E-state index in [4.69, 9.17) is 5.11 Å². The summed E-state index contributed by atoms with van der Waals surface area (Å²) >= 11 is 0. The molecule has 1 aromatic carbocycles. The second-order valence-corrected chi connectivity index (χ2v) is 7.31. The molecular weight excluding hydrogens is 278 g/mol. The van der Waals surface area contributed by atoms with Crippen LogP contribution in [0.4, 0.5) is 5.69 Å². The van der Waals surface area contributed by atoms with Gasteiger partial charge in [-0.15, -0.1) is 0 Å². The topological polar surface area (TPSA) is 83.5 Å². The number of carbonyl (C=O) groups is 1. The molecule has 0 aliphatic carbocycles. The first-order chi connectivity index (χ1) is 9.20. The van der Waals surface area contributed by atoms with E-state index < -0.39 is 20.5 Å². The Kier molecular flexibility index (Phi) is 4.93. The summed E-state index contributed by atoms with van der Waals surface area (Å²) in [4.78, 5) is 12.1. The van der Waals surface area contributed by atoms with Crippen molar-refractivity contribution in [2.75, 3.05) is 18.2 Å². The number of sulfone groups is 1. The van der Waals surface area contributed by atoms with Crippen LogP contribution >= 0.6 is 0 Å². The van der Waals surface area contributed by atoms with Gasteiger partial charge in [0.05, 0.1) is 5.69 Å². The molecule has 20 heavy (non-hydrogen) atoms. The van der Waals surface area contributed by atoms with Crippen molar-refractivity contribution in [3.63, 3.8) is 0 Å². The van der Waals surface area contributed by atoms with Crippen molar-refractivity contribution >= 4 is 21.4 Å². The molecule has 0 heterocycles. The molecule has 1 aromatic rings. The molecule has 0 aliphatic rings. The molecule has 0 aromatic heterocycles. The smallest absolute Gasteiger partial charge is 0.245 e. The highest BCUT2D eigenvalue weighted by Gasteiger charge is 2.38. The number of anilines is 1. The van der Waals surface area contributed by atoms with E-state index in [-0.39, 0.29) is 6.61 Å². The van der Waals surface area contributed by atoms with E-state index in [1.165, 1.54) is 13.8 Å². The lowest BCUT2D eigenvalue weighted by molar-refractivity contribution is -0.117. The van der Waals surface area contributed by atoms with Gasteiger partial charge in [0.25, 0.3) is 0 Å². The van der Waals surface area contributed by atoms with Crippen molar-refractivity contribution in [3.05, 3.63) is 29.8 Å². The molecule has 0 bridgehead atoms. The summed E-state index contributed by atoms with van der Waals surface area (Å²) < 4.78 is 21.7. The summed E-state index contributed by atoms with van der Waals surface area (Å²) in [7, 11) is -3.54. The Morgan fingerprint density at radius 1 is 1.35 bits per heavy atom. The maximum Gasteiger partial charge on any atom is 0.245 e. The number of amides is 1. The molecule has 1 amide bonds. The third-order valence-corrected chi connectivity index (χ3v) is 4.99. The SMILES string of the molecule is CC(C)(C(=O)Nc1ccccc1C#CCO)S(C)(=O)=O. The molecule has 0 aliphatic heterocycles. The Morgan fingerprint density at radius 3 is 2.50 bits per heavy atom. The summed E-state index contributed by atoms with van der Waals surface area (Å²) in [6.45, 7) is 2.40. The summed E-state index contributed by atoms with van der Waals surface area (Å²) in [6, 6.07) is 6.73. The monoisotopic (exact) mass is 295 g/mol. The van der Waals surface area contributed by atoms with Gasteiger partial charge in [0.15, 0.2) is 9.84 Å². The number of aliphatic hydroxyl groups is 1. The molecule has 0 fully saturated rings. The predicted molar refractivity (Wildman–Crippen MR) is 78.0 cm³/mol. The number of benzene rings is 1. The molecule has 0 unspecified atom stereocenters. The number of para-hydroxylation sites is 1. The molecule has 0 radical (unpaired) electrons. The van der Waals surface area contributed by atoms with Crippen LogP contribution in [0.2, 0.25) is 0 Å². The highest BCUT2D eigenvalue weighted by Crippen LogP contribution is 2.20. The number of rotatable bonds is 3. The minimum absolute atomic E-state index is 0.295. The Hall–Kier alpha value is -1.84. The van der Waals surface area contributed by atoms with Crippen LogP contribution < -0.4 is 5.32 Å². The van der Waals surface area contributed by atoms with E-state index in [2.05, 4.69) is 17.2 Å². The number of hydrogen-bond donors (Lipinski definition) is 2. The summed E-state index contributed by atoms with van der Waals surface area (Å²) in [6.07, 6.45) is 1.02. The van der Waals surface area contributed by atoms with Crippen LogP contribution in [0.3, 0.4) is 0 Å². The number of aliphatic hydroxyl groups excluding tert-OH is 1. The van der Waals surface area contributed by atoms with Crippen molar-refractivity contribution in [3.8, 4) is 11.8 Å². The first-order valence-corrected chi connectivity index (χ1v) is 7.79. The fourth-order valence-electron chi connectivity index (χ4n) is 1.28. The standard InChI is InChI=1S/C14H17NO4S/c1-14(2,20(3,18)19)13(17)15-12-9-5-4-7-11(12)8-6-10-16/h4-5,7,9,16H,10H2,1-3H3,(H,15,17). The van der Waals surface area contributed by atoms with E-state index in [1.807, 2.05) is 0 Å². The van der Waals surface area contributed by atoms with E-state index in [9.17, 15) is 13.2 Å². The van der Waals surface area contributed by atoms with Crippen LogP contribution in [0.5, 0.6) is 0 Å². The molecule has 2 N–H and O–H groups in total. The van der Waals surface area contributed by atoms with Crippen LogP contribution in [0.1, 0.15) is 19.4 Å². The molecule has 108 valence electrons. The van der Waals surface area contributed by atoms with Crippen LogP contribution in [0, 0.1) is 11.8 Å². The van der Waals surface area contributed by atoms with E-state index in [0.29, 0.717) is 11.3 Å². The first-order valence-electron chi connectivity index (χ1n) is 5.90. The quantitative estimate of drug-likeness (QED) is 0.808. The zero-order valence-corrected chi connectivity index (χ0v) is 12.4. The van der Waals surface area contributed by atoms with Crippen LogP contribution in [0.15, 0.2) is 24.3 Å². The largest absolute Gasteiger partial charge is 0.384 e. The average Bonchev–Trinajstić information content (AvgIpc) is 2.36. The Morgan fingerprint density at radius 2 is 1.95 bits per heavy atom. The van der Waals surface area contributed by atoms with Crippen LogP contribution in [-0.4, -0.2) is 37.0 Å². The normalized spacial score (nSPS) is 11.4. The maximum absolute atomic E-state index is 12.1. The van der Waals surface area contributed by atoms with E-state index in [1.54, 1.807) is 24.3 Å². The molecule has 6 heteroatoms. The fourth-order valence-corrected chi connectivity index (χ4v) is 1.66. The number of nitrogens with one attached hydrogen (secondary N) is 1. The van der Waals surface area contributed by atoms with Crippen molar-refractivity contribution in [1.82, 2.24) is 0 Å². The molecule has 0 atom stereocenters.